The Morgan fingerprint density at radius 3 is 2.29 bits per heavy atom. The van der Waals surface area contributed by atoms with Crippen LogP contribution in [0.5, 0.6) is 11.5 Å². The first-order valence-corrected chi connectivity index (χ1v) is 11.5. The third-order valence-electron chi connectivity index (χ3n) is 4.92. The van der Waals surface area contributed by atoms with E-state index >= 15 is 0 Å². The van der Waals surface area contributed by atoms with E-state index in [-0.39, 0.29) is 27.0 Å². The van der Waals surface area contributed by atoms with Crippen molar-refractivity contribution in [1.29, 1.82) is 0 Å². The van der Waals surface area contributed by atoms with E-state index in [2.05, 4.69) is 5.32 Å². The normalized spacial score (nSPS) is 13.3. The Morgan fingerprint density at radius 2 is 1.60 bits per heavy atom. The Balaban J connectivity index is 1.50. The molecule has 178 valence electrons. The summed E-state index contributed by atoms with van der Waals surface area (Å²) < 4.78 is 10.9. The molecular weight excluding hydrogens is 515 g/mol. The van der Waals surface area contributed by atoms with Crippen LogP contribution in [0.2, 0.25) is 10.0 Å². The van der Waals surface area contributed by atoms with Crippen LogP contribution in [0, 0.1) is 0 Å². The Hall–Kier alpha value is -3.52. The van der Waals surface area contributed by atoms with Crippen LogP contribution in [0.1, 0.15) is 17.3 Å². The summed E-state index contributed by atoms with van der Waals surface area (Å²) in [4.78, 5) is 39.1. The largest absolute Gasteiger partial charge is 0.490 e. The Bertz CT molecular complexity index is 1360. The van der Waals surface area contributed by atoms with Crippen molar-refractivity contribution in [3.8, 4) is 11.5 Å². The molecule has 1 aliphatic rings. The van der Waals surface area contributed by atoms with E-state index in [1.807, 2.05) is 6.92 Å². The van der Waals surface area contributed by atoms with Crippen molar-refractivity contribution in [2.45, 2.75) is 6.92 Å². The molecule has 0 aromatic heterocycles. The van der Waals surface area contributed by atoms with Crippen LogP contribution in [-0.4, -0.2) is 24.4 Å². The van der Waals surface area contributed by atoms with E-state index in [1.54, 1.807) is 36.4 Å². The van der Waals surface area contributed by atoms with Crippen molar-refractivity contribution in [2.24, 2.45) is 0 Å². The minimum absolute atomic E-state index is 0.120. The summed E-state index contributed by atoms with van der Waals surface area (Å²) in [6.07, 6.45) is 0. The van der Waals surface area contributed by atoms with Gasteiger partial charge in [-0.25, -0.2) is 9.69 Å². The molecule has 2 amide bonds. The molecule has 1 heterocycles. The van der Waals surface area contributed by atoms with Gasteiger partial charge in [-0.2, -0.15) is 0 Å². The second-order valence-electron chi connectivity index (χ2n) is 7.20. The van der Waals surface area contributed by atoms with E-state index < -0.39 is 17.8 Å². The number of hydrogen-bond acceptors (Lipinski definition) is 6. The number of para-hydroxylation sites is 2. The number of amides is 2. The van der Waals surface area contributed by atoms with Crippen molar-refractivity contribution in [1.82, 2.24) is 0 Å². The van der Waals surface area contributed by atoms with Gasteiger partial charge >= 0.3 is 5.97 Å². The summed E-state index contributed by atoms with van der Waals surface area (Å²) >= 11 is 18.3. The SMILES string of the molecule is CCOc1ccccc1OC(=O)c1ccc(NC2=C(Cl)C(=O)N(c3cc(Cl)ccc3Cl)C2=O)cc1. The molecule has 0 aliphatic carbocycles. The minimum atomic E-state index is -0.739. The molecule has 0 spiro atoms. The molecule has 4 rings (SSSR count). The number of carbonyl (C=O) groups is 3. The van der Waals surface area contributed by atoms with Gasteiger partial charge in [-0.05, 0) is 61.5 Å². The highest BCUT2D eigenvalue weighted by atomic mass is 35.5. The number of nitrogens with zero attached hydrogens (tertiary/aromatic N) is 1. The zero-order chi connectivity index (χ0) is 25.1. The van der Waals surface area contributed by atoms with Crippen molar-refractivity contribution in [3.05, 3.63) is 93.1 Å². The van der Waals surface area contributed by atoms with Crippen LogP contribution >= 0.6 is 34.8 Å². The quantitative estimate of drug-likeness (QED) is 0.227. The number of halogens is 3. The first kappa shape index (κ1) is 24.6. The van der Waals surface area contributed by atoms with Gasteiger partial charge in [-0.15, -0.1) is 0 Å². The fraction of sp³-hybridized carbons (Fsp3) is 0.0800. The van der Waals surface area contributed by atoms with Crippen LogP contribution in [0.4, 0.5) is 11.4 Å². The van der Waals surface area contributed by atoms with E-state index in [4.69, 9.17) is 44.3 Å². The fourth-order valence-corrected chi connectivity index (χ4v) is 3.87. The van der Waals surface area contributed by atoms with Gasteiger partial charge in [0.05, 0.1) is 22.9 Å². The molecule has 35 heavy (non-hydrogen) atoms. The molecule has 1 aliphatic heterocycles. The second-order valence-corrected chi connectivity index (χ2v) is 8.42. The van der Waals surface area contributed by atoms with Gasteiger partial charge in [0, 0.05) is 10.7 Å². The number of rotatable bonds is 7. The van der Waals surface area contributed by atoms with Crippen molar-refractivity contribution >= 4 is 64.0 Å². The monoisotopic (exact) mass is 530 g/mol. The first-order valence-electron chi connectivity index (χ1n) is 10.3. The minimum Gasteiger partial charge on any atom is -0.490 e. The molecule has 0 saturated carbocycles. The maximum absolute atomic E-state index is 13.0. The Kier molecular flexibility index (Phi) is 7.31. The van der Waals surface area contributed by atoms with Gasteiger partial charge in [0.2, 0.25) is 0 Å². The highest BCUT2D eigenvalue weighted by Crippen LogP contribution is 2.36. The summed E-state index contributed by atoms with van der Waals surface area (Å²) in [6, 6.07) is 17.4. The van der Waals surface area contributed by atoms with Crippen LogP contribution in [0.15, 0.2) is 77.5 Å². The molecular formula is C25H17Cl3N2O5. The molecule has 0 bridgehead atoms. The first-order chi connectivity index (χ1) is 16.8. The van der Waals surface area contributed by atoms with Gasteiger partial charge in [-0.1, -0.05) is 46.9 Å². The third kappa shape index (κ3) is 5.12. The average molecular weight is 532 g/mol. The standard InChI is InChI=1S/C25H17Cl3N2O5/c1-2-34-19-5-3-4-6-20(19)35-25(33)14-7-10-16(11-8-14)29-22-21(28)23(31)30(24(22)32)18-13-15(26)9-12-17(18)27/h3-13,29H,2H2,1H3. The summed E-state index contributed by atoms with van der Waals surface area (Å²) in [5.74, 6) is -1.27. The zero-order valence-electron chi connectivity index (χ0n) is 18.2. The summed E-state index contributed by atoms with van der Waals surface area (Å²) in [6.45, 7) is 2.26. The van der Waals surface area contributed by atoms with Gasteiger partial charge in [0.1, 0.15) is 10.7 Å². The molecule has 0 radical (unpaired) electrons. The Morgan fingerprint density at radius 1 is 0.914 bits per heavy atom. The molecule has 10 heteroatoms. The third-order valence-corrected chi connectivity index (χ3v) is 5.82. The van der Waals surface area contributed by atoms with Crippen LogP contribution < -0.4 is 19.7 Å². The van der Waals surface area contributed by atoms with Gasteiger partial charge in [0.25, 0.3) is 11.8 Å². The lowest BCUT2D eigenvalue weighted by atomic mass is 10.2. The molecule has 0 saturated heterocycles. The number of benzene rings is 3. The lowest BCUT2D eigenvalue weighted by Crippen LogP contribution is -2.32. The van der Waals surface area contributed by atoms with Gasteiger partial charge < -0.3 is 14.8 Å². The van der Waals surface area contributed by atoms with E-state index in [0.717, 1.165) is 4.90 Å². The van der Waals surface area contributed by atoms with E-state index in [0.29, 0.717) is 28.8 Å². The van der Waals surface area contributed by atoms with Gasteiger partial charge in [0.15, 0.2) is 11.5 Å². The number of imide groups is 1. The number of esters is 1. The highest BCUT2D eigenvalue weighted by molar-refractivity contribution is 6.54. The molecule has 0 fully saturated rings. The Labute approximate surface area is 215 Å². The summed E-state index contributed by atoms with van der Waals surface area (Å²) in [7, 11) is 0. The smallest absolute Gasteiger partial charge is 0.343 e. The predicted octanol–water partition coefficient (Wildman–Crippen LogP) is 6.05. The number of nitrogens with one attached hydrogen (secondary N) is 1. The number of carbonyl (C=O) groups excluding carboxylic acids is 3. The van der Waals surface area contributed by atoms with Crippen molar-refractivity contribution in [3.63, 3.8) is 0 Å². The zero-order valence-corrected chi connectivity index (χ0v) is 20.4. The van der Waals surface area contributed by atoms with E-state index in [1.165, 1.54) is 30.3 Å². The fourth-order valence-electron chi connectivity index (χ4n) is 3.29. The lowest BCUT2D eigenvalue weighted by molar-refractivity contribution is -0.120. The van der Waals surface area contributed by atoms with E-state index in [9.17, 15) is 14.4 Å². The average Bonchev–Trinajstić information content (AvgIpc) is 3.05. The predicted molar refractivity (Wildman–Crippen MR) is 134 cm³/mol. The number of ether oxygens (including phenoxy) is 2. The van der Waals surface area contributed by atoms with Crippen LogP contribution in [0.3, 0.4) is 0 Å². The molecule has 3 aromatic rings. The topological polar surface area (TPSA) is 84.9 Å². The molecule has 3 aromatic carbocycles. The number of hydrogen-bond donors (Lipinski definition) is 1. The number of anilines is 2. The molecule has 7 nitrogen and oxygen atoms in total. The van der Waals surface area contributed by atoms with Crippen LogP contribution in [-0.2, 0) is 9.59 Å². The molecule has 0 unspecified atom stereocenters. The maximum Gasteiger partial charge on any atom is 0.343 e. The maximum atomic E-state index is 13.0. The molecule has 1 N–H and O–H groups in total. The van der Waals surface area contributed by atoms with Crippen molar-refractivity contribution in [2.75, 3.05) is 16.8 Å². The summed E-state index contributed by atoms with van der Waals surface area (Å²) in [5.41, 5.74) is 0.677. The molecule has 0 atom stereocenters. The lowest BCUT2D eigenvalue weighted by Gasteiger charge is -2.17. The van der Waals surface area contributed by atoms with Gasteiger partial charge in [-0.3, -0.25) is 9.59 Å². The summed E-state index contributed by atoms with van der Waals surface area (Å²) in [5, 5.41) is 2.99. The van der Waals surface area contributed by atoms with Crippen LogP contribution in [0.25, 0.3) is 0 Å². The van der Waals surface area contributed by atoms with Crippen molar-refractivity contribution < 1.29 is 23.9 Å². The second kappa shape index (κ2) is 10.4. The highest BCUT2D eigenvalue weighted by Gasteiger charge is 2.40.